The van der Waals surface area contributed by atoms with Crippen LogP contribution < -0.4 is 4.57 Å². The van der Waals surface area contributed by atoms with Crippen molar-refractivity contribution in [1.29, 1.82) is 0 Å². The minimum atomic E-state index is 0.848. The summed E-state index contributed by atoms with van der Waals surface area (Å²) in [6.07, 6.45) is 9.05. The molecule has 0 N–H and O–H groups in total. The average Bonchev–Trinajstić information content (AvgIpc) is 3.41. The van der Waals surface area contributed by atoms with Crippen LogP contribution in [0, 0.1) is 19.8 Å². The SMILES string of the molecule is Cc1cc(C)c2c3c1c1ccccc1n3c1cc(CC3CCCC3)cc3cc[n+](C)c2c31. The topological polar surface area (TPSA) is 8.29 Å². The minimum absolute atomic E-state index is 0.848. The first-order chi connectivity index (χ1) is 15.6. The molecule has 0 amide bonds. The van der Waals surface area contributed by atoms with Gasteiger partial charge >= 0.3 is 0 Å². The predicted octanol–water partition coefficient (Wildman–Crippen LogP) is 7.16. The number of para-hydroxylation sites is 1. The largest absolute Gasteiger partial charge is 0.307 e. The molecular weight excluding hydrogens is 388 g/mol. The lowest BCUT2D eigenvalue weighted by molar-refractivity contribution is -0.643. The van der Waals surface area contributed by atoms with Crippen molar-refractivity contribution in [3.8, 4) is 0 Å². The van der Waals surface area contributed by atoms with Crippen LogP contribution in [0.1, 0.15) is 42.4 Å². The van der Waals surface area contributed by atoms with E-state index in [0.29, 0.717) is 0 Å². The van der Waals surface area contributed by atoms with Gasteiger partial charge in [0.15, 0.2) is 6.20 Å². The molecule has 1 saturated carbocycles. The number of pyridine rings is 2. The number of hydrogen-bond donors (Lipinski definition) is 0. The summed E-state index contributed by atoms with van der Waals surface area (Å²) in [5.41, 5.74) is 9.68. The lowest BCUT2D eigenvalue weighted by Gasteiger charge is -2.16. The number of nitrogens with zero attached hydrogens (tertiary/aromatic N) is 2. The van der Waals surface area contributed by atoms with Gasteiger partial charge in [-0.15, -0.1) is 0 Å². The maximum Gasteiger partial charge on any atom is 0.224 e. The Morgan fingerprint density at radius 2 is 1.66 bits per heavy atom. The second-order valence-electron chi connectivity index (χ2n) is 10.2. The summed E-state index contributed by atoms with van der Waals surface area (Å²) in [7, 11) is 2.20. The summed E-state index contributed by atoms with van der Waals surface area (Å²) >= 11 is 0. The molecule has 0 aliphatic heterocycles. The van der Waals surface area contributed by atoms with E-state index in [-0.39, 0.29) is 0 Å². The lowest BCUT2D eigenvalue weighted by Crippen LogP contribution is -2.29. The third-order valence-corrected chi connectivity index (χ3v) is 8.09. The lowest BCUT2D eigenvalue weighted by atomic mass is 9.93. The van der Waals surface area contributed by atoms with E-state index in [9.17, 15) is 0 Å². The predicted molar refractivity (Wildman–Crippen MR) is 135 cm³/mol. The van der Waals surface area contributed by atoms with Crippen molar-refractivity contribution in [2.24, 2.45) is 13.0 Å². The molecule has 0 bridgehead atoms. The number of aryl methyl sites for hydroxylation is 3. The maximum atomic E-state index is 2.58. The summed E-state index contributed by atoms with van der Waals surface area (Å²) in [4.78, 5) is 0. The van der Waals surface area contributed by atoms with Crippen LogP contribution in [0.15, 0.2) is 54.7 Å². The highest BCUT2D eigenvalue weighted by Crippen LogP contribution is 2.42. The molecule has 0 spiro atoms. The molecule has 7 rings (SSSR count). The molecule has 6 aromatic rings. The van der Waals surface area contributed by atoms with E-state index in [4.69, 9.17) is 0 Å². The van der Waals surface area contributed by atoms with E-state index in [2.05, 4.69) is 84.6 Å². The third kappa shape index (κ3) is 2.33. The summed E-state index contributed by atoms with van der Waals surface area (Å²) < 4.78 is 4.91. The minimum Gasteiger partial charge on any atom is -0.307 e. The van der Waals surface area contributed by atoms with Gasteiger partial charge in [-0.3, -0.25) is 0 Å². The average molecular weight is 418 g/mol. The van der Waals surface area contributed by atoms with Gasteiger partial charge in [-0.2, -0.15) is 0 Å². The number of fused-ring (bicyclic) bond motifs is 5. The molecule has 2 nitrogen and oxygen atoms in total. The quantitative estimate of drug-likeness (QED) is 0.160. The Hall–Kier alpha value is -3.13. The van der Waals surface area contributed by atoms with Crippen LogP contribution in [0.25, 0.3) is 49.0 Å². The first-order valence-corrected chi connectivity index (χ1v) is 12.1. The number of aromatic nitrogens is 2. The molecule has 0 saturated heterocycles. The Morgan fingerprint density at radius 3 is 2.50 bits per heavy atom. The van der Waals surface area contributed by atoms with Gasteiger partial charge in [0, 0.05) is 16.8 Å². The number of benzene rings is 3. The smallest absolute Gasteiger partial charge is 0.224 e. The number of rotatable bonds is 2. The van der Waals surface area contributed by atoms with Gasteiger partial charge in [0.1, 0.15) is 7.05 Å². The van der Waals surface area contributed by atoms with Crippen molar-refractivity contribution in [3.63, 3.8) is 0 Å². The van der Waals surface area contributed by atoms with Gasteiger partial charge in [-0.25, -0.2) is 4.57 Å². The summed E-state index contributed by atoms with van der Waals surface area (Å²) in [6, 6.07) is 18.7. The fourth-order valence-corrected chi connectivity index (χ4v) is 6.77. The normalized spacial score (nSPS) is 15.5. The van der Waals surface area contributed by atoms with Gasteiger partial charge < -0.3 is 4.40 Å². The molecule has 3 aromatic heterocycles. The molecule has 32 heavy (non-hydrogen) atoms. The van der Waals surface area contributed by atoms with Crippen LogP contribution in [0.4, 0.5) is 0 Å². The van der Waals surface area contributed by atoms with E-state index in [1.807, 2.05) is 0 Å². The molecule has 3 heterocycles. The zero-order chi connectivity index (χ0) is 21.6. The second-order valence-corrected chi connectivity index (χ2v) is 10.2. The second kappa shape index (κ2) is 6.45. The van der Waals surface area contributed by atoms with E-state index in [1.54, 1.807) is 0 Å². The molecule has 1 fully saturated rings. The van der Waals surface area contributed by atoms with Crippen molar-refractivity contribution in [3.05, 3.63) is 71.4 Å². The van der Waals surface area contributed by atoms with Gasteiger partial charge in [-0.1, -0.05) is 56.0 Å². The Bertz CT molecular complexity index is 1680. The van der Waals surface area contributed by atoms with E-state index >= 15 is 0 Å². The fraction of sp³-hybridized carbons (Fsp3) is 0.300. The standard InChI is InChI=1S/C30H29N2/c1-18-14-19(2)27-29-28-22(12-13-31(29)3)16-21(15-20-8-4-5-9-20)17-25(28)32-24-11-7-6-10-23(24)26(18)30(27)32/h6-7,10-14,16-17,20H,4-5,8-9,15H2,1-3H3/q+1. The van der Waals surface area contributed by atoms with Crippen molar-refractivity contribution < 1.29 is 4.57 Å². The van der Waals surface area contributed by atoms with Gasteiger partial charge in [0.2, 0.25) is 5.52 Å². The van der Waals surface area contributed by atoms with E-state index in [1.165, 1.54) is 97.8 Å². The molecule has 0 atom stereocenters. The molecule has 2 heteroatoms. The van der Waals surface area contributed by atoms with Crippen LogP contribution in [0.5, 0.6) is 0 Å². The van der Waals surface area contributed by atoms with Crippen LogP contribution >= 0.6 is 0 Å². The van der Waals surface area contributed by atoms with Crippen molar-refractivity contribution >= 4 is 49.0 Å². The molecule has 0 unspecified atom stereocenters. The first-order valence-electron chi connectivity index (χ1n) is 12.1. The summed E-state index contributed by atoms with van der Waals surface area (Å²) in [6.45, 7) is 4.55. The van der Waals surface area contributed by atoms with Crippen molar-refractivity contribution in [1.82, 2.24) is 4.40 Å². The van der Waals surface area contributed by atoms with Crippen LogP contribution in [-0.2, 0) is 13.5 Å². The maximum absolute atomic E-state index is 2.58. The zero-order valence-corrected chi connectivity index (χ0v) is 19.2. The first kappa shape index (κ1) is 18.4. The molecule has 3 aromatic carbocycles. The van der Waals surface area contributed by atoms with Crippen LogP contribution in [0.2, 0.25) is 0 Å². The monoisotopic (exact) mass is 417 g/mol. The van der Waals surface area contributed by atoms with Crippen molar-refractivity contribution in [2.75, 3.05) is 0 Å². The Balaban J connectivity index is 1.75. The van der Waals surface area contributed by atoms with E-state index < -0.39 is 0 Å². The molecule has 1 aliphatic carbocycles. The number of hydrogen-bond acceptors (Lipinski definition) is 0. The van der Waals surface area contributed by atoms with Gasteiger partial charge in [-0.05, 0) is 60.4 Å². The van der Waals surface area contributed by atoms with Crippen LogP contribution in [0.3, 0.4) is 0 Å². The van der Waals surface area contributed by atoms with Crippen LogP contribution in [-0.4, -0.2) is 4.40 Å². The Labute approximate surface area is 188 Å². The van der Waals surface area contributed by atoms with Gasteiger partial charge in [0.25, 0.3) is 0 Å². The molecular formula is C30H29N2+. The summed E-state index contributed by atoms with van der Waals surface area (Å²) in [5, 5.41) is 6.94. The highest BCUT2D eigenvalue weighted by Gasteiger charge is 2.25. The van der Waals surface area contributed by atoms with Crippen molar-refractivity contribution in [2.45, 2.75) is 46.0 Å². The molecule has 0 radical (unpaired) electrons. The van der Waals surface area contributed by atoms with Gasteiger partial charge in [0.05, 0.1) is 27.3 Å². The highest BCUT2D eigenvalue weighted by atomic mass is 15.0. The fourth-order valence-electron chi connectivity index (χ4n) is 6.77. The third-order valence-electron chi connectivity index (χ3n) is 8.09. The summed E-state index contributed by atoms with van der Waals surface area (Å²) in [5.74, 6) is 0.848. The Morgan fingerprint density at radius 1 is 0.875 bits per heavy atom. The molecule has 1 aliphatic rings. The molecule has 158 valence electrons. The Kier molecular flexibility index (Phi) is 3.72. The highest BCUT2D eigenvalue weighted by molar-refractivity contribution is 6.26. The van der Waals surface area contributed by atoms with E-state index in [0.717, 1.165) is 5.92 Å². The zero-order valence-electron chi connectivity index (χ0n) is 19.2.